The molecule has 0 saturated carbocycles. The first-order valence-corrected chi connectivity index (χ1v) is 7.38. The average molecular weight is 308 g/mol. The Bertz CT molecular complexity index is 561. The lowest BCUT2D eigenvalue weighted by Gasteiger charge is -2.37. The number of carbonyl (C=O) groups is 2. The Morgan fingerprint density at radius 3 is 2.73 bits per heavy atom. The summed E-state index contributed by atoms with van der Waals surface area (Å²) in [5.74, 6) is -1.02. The van der Waals surface area contributed by atoms with Crippen LogP contribution in [-0.2, 0) is 20.9 Å². The van der Waals surface area contributed by atoms with E-state index in [2.05, 4.69) is 5.10 Å². The lowest BCUT2D eigenvalue weighted by Crippen LogP contribution is -2.44. The maximum Gasteiger partial charge on any atom is 0.224 e. The third kappa shape index (κ3) is 3.14. The van der Waals surface area contributed by atoms with Crippen LogP contribution in [0.2, 0.25) is 0 Å². The number of ether oxygens (including phenoxy) is 1. The molecule has 1 saturated heterocycles. The van der Waals surface area contributed by atoms with Gasteiger partial charge in [-0.1, -0.05) is 0 Å². The van der Waals surface area contributed by atoms with Gasteiger partial charge in [-0.2, -0.15) is 5.10 Å². The van der Waals surface area contributed by atoms with E-state index in [1.807, 2.05) is 27.0 Å². The van der Waals surface area contributed by atoms with Crippen molar-refractivity contribution >= 4 is 11.8 Å². The van der Waals surface area contributed by atoms with Crippen molar-refractivity contribution in [3.8, 4) is 0 Å². The van der Waals surface area contributed by atoms with E-state index in [9.17, 15) is 9.59 Å². The molecule has 1 aromatic rings. The number of likely N-dealkylation sites (tertiary alicyclic amines) is 1. The Hall–Kier alpha value is -1.89. The molecule has 1 fully saturated rings. The van der Waals surface area contributed by atoms with Crippen LogP contribution in [-0.4, -0.2) is 45.8 Å². The highest BCUT2D eigenvalue weighted by Gasteiger charge is 2.48. The van der Waals surface area contributed by atoms with Crippen LogP contribution in [0.4, 0.5) is 0 Å². The number of nitrogens with two attached hydrogens (primary N) is 1. The molecule has 2 amide bonds. The van der Waals surface area contributed by atoms with Crippen molar-refractivity contribution in [2.75, 3.05) is 13.7 Å². The zero-order valence-corrected chi connectivity index (χ0v) is 13.6. The second-order valence-electron chi connectivity index (χ2n) is 6.62. The number of aromatic nitrogens is 2. The maximum atomic E-state index is 12.4. The van der Waals surface area contributed by atoms with Gasteiger partial charge in [0.15, 0.2) is 0 Å². The van der Waals surface area contributed by atoms with Crippen molar-refractivity contribution in [1.29, 1.82) is 0 Å². The fraction of sp³-hybridized carbons (Fsp3) is 0.667. The summed E-state index contributed by atoms with van der Waals surface area (Å²) < 4.78 is 6.78. The fourth-order valence-corrected chi connectivity index (χ4v) is 3.00. The molecule has 0 radical (unpaired) electrons. The topological polar surface area (TPSA) is 90.4 Å². The van der Waals surface area contributed by atoms with Crippen LogP contribution in [0.3, 0.4) is 0 Å². The second kappa shape index (κ2) is 6.08. The van der Waals surface area contributed by atoms with Crippen molar-refractivity contribution in [3.63, 3.8) is 0 Å². The van der Waals surface area contributed by atoms with Gasteiger partial charge in [-0.3, -0.25) is 14.3 Å². The molecule has 1 aromatic heterocycles. The van der Waals surface area contributed by atoms with Gasteiger partial charge in [-0.05, 0) is 20.8 Å². The highest BCUT2D eigenvalue weighted by Crippen LogP contribution is 2.42. The van der Waals surface area contributed by atoms with Gasteiger partial charge >= 0.3 is 0 Å². The minimum Gasteiger partial charge on any atom is -0.383 e. The molecule has 0 aliphatic carbocycles. The van der Waals surface area contributed by atoms with Crippen LogP contribution in [0, 0.1) is 5.92 Å². The number of hydrogen-bond donors (Lipinski definition) is 1. The summed E-state index contributed by atoms with van der Waals surface area (Å²) in [4.78, 5) is 25.9. The molecule has 122 valence electrons. The number of rotatable bonds is 5. The normalized spacial score (nSPS) is 22.4. The van der Waals surface area contributed by atoms with E-state index >= 15 is 0 Å². The number of carbonyl (C=O) groups excluding carboxylic acids is 2. The third-order valence-corrected chi connectivity index (χ3v) is 3.93. The van der Waals surface area contributed by atoms with Crippen LogP contribution >= 0.6 is 0 Å². The first kappa shape index (κ1) is 16.5. The highest BCUT2D eigenvalue weighted by atomic mass is 16.5. The molecule has 2 atom stereocenters. The van der Waals surface area contributed by atoms with Gasteiger partial charge in [0.2, 0.25) is 11.8 Å². The Morgan fingerprint density at radius 1 is 1.50 bits per heavy atom. The van der Waals surface area contributed by atoms with E-state index in [-0.39, 0.29) is 23.9 Å². The summed E-state index contributed by atoms with van der Waals surface area (Å²) in [5, 5.41) is 4.28. The summed E-state index contributed by atoms with van der Waals surface area (Å²) in [6, 6.07) is -0.360. The minimum absolute atomic E-state index is 0.0501. The van der Waals surface area contributed by atoms with Crippen molar-refractivity contribution in [2.45, 2.75) is 45.3 Å². The number of primary amides is 1. The molecule has 7 heteroatoms. The zero-order chi connectivity index (χ0) is 16.5. The van der Waals surface area contributed by atoms with Crippen LogP contribution in [0.1, 0.15) is 38.8 Å². The Kier molecular flexibility index (Phi) is 4.55. The van der Waals surface area contributed by atoms with Gasteiger partial charge in [-0.25, -0.2) is 0 Å². The summed E-state index contributed by atoms with van der Waals surface area (Å²) in [6.07, 6.45) is 3.71. The summed E-state index contributed by atoms with van der Waals surface area (Å²) in [5.41, 5.74) is 5.96. The summed E-state index contributed by atoms with van der Waals surface area (Å²) in [7, 11) is 1.63. The smallest absolute Gasteiger partial charge is 0.224 e. The minimum atomic E-state index is -0.521. The monoisotopic (exact) mass is 308 g/mol. The average Bonchev–Trinajstić information content (AvgIpc) is 2.99. The molecule has 22 heavy (non-hydrogen) atoms. The lowest BCUT2D eigenvalue weighted by atomic mass is 9.93. The Morgan fingerprint density at radius 2 is 2.18 bits per heavy atom. The van der Waals surface area contributed by atoms with E-state index in [1.54, 1.807) is 22.9 Å². The van der Waals surface area contributed by atoms with Gasteiger partial charge < -0.3 is 15.4 Å². The summed E-state index contributed by atoms with van der Waals surface area (Å²) >= 11 is 0. The first-order valence-electron chi connectivity index (χ1n) is 7.38. The lowest BCUT2D eigenvalue weighted by molar-refractivity contribution is -0.133. The van der Waals surface area contributed by atoms with Gasteiger partial charge in [0.05, 0.1) is 31.3 Å². The summed E-state index contributed by atoms with van der Waals surface area (Å²) in [6.45, 7) is 7.03. The standard InChI is InChI=1S/C15H24N4O3/c1-15(2,3)19-12(20)7-11(14(16)21)13(19)10-8-17-18(9-10)5-6-22-4/h8-9,11,13H,5-7H2,1-4H3,(H2,16,21)/t11-,13+/m1/s1. The molecule has 0 aromatic carbocycles. The molecule has 2 rings (SSSR count). The highest BCUT2D eigenvalue weighted by molar-refractivity contribution is 5.90. The van der Waals surface area contributed by atoms with Crippen LogP contribution in [0.15, 0.2) is 12.4 Å². The van der Waals surface area contributed by atoms with Crippen LogP contribution < -0.4 is 5.73 Å². The van der Waals surface area contributed by atoms with Gasteiger partial charge in [-0.15, -0.1) is 0 Å². The van der Waals surface area contributed by atoms with Crippen LogP contribution in [0.25, 0.3) is 0 Å². The molecular weight excluding hydrogens is 284 g/mol. The molecule has 7 nitrogen and oxygen atoms in total. The Labute approximate surface area is 130 Å². The third-order valence-electron chi connectivity index (χ3n) is 3.93. The Balaban J connectivity index is 2.35. The van der Waals surface area contributed by atoms with E-state index in [0.717, 1.165) is 5.56 Å². The van der Waals surface area contributed by atoms with Crippen molar-refractivity contribution in [3.05, 3.63) is 18.0 Å². The number of hydrogen-bond acceptors (Lipinski definition) is 4. The SMILES string of the molecule is COCCn1cc([C@H]2[C@H](C(N)=O)CC(=O)N2C(C)(C)C)cn1. The molecule has 2 N–H and O–H groups in total. The van der Waals surface area contributed by atoms with Crippen molar-refractivity contribution in [2.24, 2.45) is 11.7 Å². The van der Waals surface area contributed by atoms with Gasteiger partial charge in [0.25, 0.3) is 0 Å². The largest absolute Gasteiger partial charge is 0.383 e. The molecule has 1 aliphatic heterocycles. The molecule has 1 aliphatic rings. The quantitative estimate of drug-likeness (QED) is 0.867. The van der Waals surface area contributed by atoms with E-state index < -0.39 is 11.8 Å². The van der Waals surface area contributed by atoms with E-state index in [0.29, 0.717) is 13.2 Å². The van der Waals surface area contributed by atoms with Crippen LogP contribution in [0.5, 0.6) is 0 Å². The van der Waals surface area contributed by atoms with Crippen molar-refractivity contribution in [1.82, 2.24) is 14.7 Å². The van der Waals surface area contributed by atoms with E-state index in [1.165, 1.54) is 0 Å². The first-order chi connectivity index (χ1) is 10.3. The van der Waals surface area contributed by atoms with Gasteiger partial charge in [0.1, 0.15) is 0 Å². The number of amides is 2. The van der Waals surface area contributed by atoms with E-state index in [4.69, 9.17) is 10.5 Å². The number of methoxy groups -OCH3 is 1. The van der Waals surface area contributed by atoms with Gasteiger partial charge in [0, 0.05) is 30.8 Å². The molecule has 0 unspecified atom stereocenters. The fourth-order valence-electron chi connectivity index (χ4n) is 3.00. The molecule has 0 spiro atoms. The second-order valence-corrected chi connectivity index (χ2v) is 6.62. The molecule has 0 bridgehead atoms. The predicted molar refractivity (Wildman–Crippen MR) is 80.7 cm³/mol. The molecule has 2 heterocycles. The van der Waals surface area contributed by atoms with Crippen molar-refractivity contribution < 1.29 is 14.3 Å². The predicted octanol–water partition coefficient (Wildman–Crippen LogP) is 0.703. The molecular formula is C15H24N4O3. The number of nitrogens with zero attached hydrogens (tertiary/aromatic N) is 3. The maximum absolute atomic E-state index is 12.4. The zero-order valence-electron chi connectivity index (χ0n) is 13.6.